The highest BCUT2D eigenvalue weighted by molar-refractivity contribution is 6.00. The monoisotopic (exact) mass is 429 g/mol. The third-order valence-corrected chi connectivity index (χ3v) is 5.08. The maximum Gasteiger partial charge on any atom is 0.307 e. The summed E-state index contributed by atoms with van der Waals surface area (Å²) in [5.41, 5.74) is 3.19. The first-order chi connectivity index (χ1) is 15.3. The summed E-state index contributed by atoms with van der Waals surface area (Å²) in [4.78, 5) is 48.1. The Hall–Kier alpha value is -4.06. The van der Waals surface area contributed by atoms with Crippen LogP contribution in [0.3, 0.4) is 0 Å². The Morgan fingerprint density at radius 3 is 2.06 bits per heavy atom. The van der Waals surface area contributed by atoms with E-state index in [2.05, 4.69) is 5.32 Å². The highest BCUT2D eigenvalue weighted by Gasteiger charge is 2.25. The van der Waals surface area contributed by atoms with Gasteiger partial charge in [-0.25, -0.2) is 0 Å². The van der Waals surface area contributed by atoms with Crippen LogP contribution in [-0.4, -0.2) is 28.5 Å². The normalized spacial score (nSPS) is 11.4. The van der Waals surface area contributed by atoms with Crippen molar-refractivity contribution in [3.05, 3.63) is 90.0 Å². The lowest BCUT2D eigenvalue weighted by Crippen LogP contribution is -2.24. The molecule has 162 valence electrons. The summed E-state index contributed by atoms with van der Waals surface area (Å²) < 4.78 is 0. The van der Waals surface area contributed by atoms with Crippen molar-refractivity contribution in [2.45, 2.75) is 19.8 Å². The van der Waals surface area contributed by atoms with Gasteiger partial charge in [-0.15, -0.1) is 0 Å². The second-order valence-corrected chi connectivity index (χ2v) is 7.50. The molecule has 0 bridgehead atoms. The molecule has 3 aromatic carbocycles. The van der Waals surface area contributed by atoms with Crippen LogP contribution in [0.15, 0.2) is 78.9 Å². The Morgan fingerprint density at radius 1 is 0.781 bits per heavy atom. The minimum atomic E-state index is -1.22. The maximum atomic E-state index is 12.6. The third kappa shape index (κ3) is 5.98. The Kier molecular flexibility index (Phi) is 7.29. The van der Waals surface area contributed by atoms with Gasteiger partial charge >= 0.3 is 5.97 Å². The SMILES string of the molecule is CC(=O)c1cccc(NC(=O)CC(CC(=O)c2ccc(-c3ccccc3)cc2)C(=O)O)c1. The highest BCUT2D eigenvalue weighted by atomic mass is 16.4. The molecule has 32 heavy (non-hydrogen) atoms. The number of aliphatic carboxylic acids is 1. The number of benzene rings is 3. The van der Waals surface area contributed by atoms with Crippen molar-refractivity contribution in [3.8, 4) is 11.1 Å². The number of amides is 1. The molecule has 0 fully saturated rings. The fourth-order valence-corrected chi connectivity index (χ4v) is 3.32. The van der Waals surface area contributed by atoms with Gasteiger partial charge in [-0.1, -0.05) is 66.7 Å². The average Bonchev–Trinajstić information content (AvgIpc) is 2.79. The lowest BCUT2D eigenvalue weighted by Gasteiger charge is -2.13. The van der Waals surface area contributed by atoms with E-state index < -0.39 is 17.8 Å². The van der Waals surface area contributed by atoms with Crippen molar-refractivity contribution in [3.63, 3.8) is 0 Å². The molecule has 1 amide bonds. The minimum Gasteiger partial charge on any atom is -0.481 e. The zero-order chi connectivity index (χ0) is 23.1. The van der Waals surface area contributed by atoms with Gasteiger partial charge in [0.1, 0.15) is 0 Å². The fraction of sp³-hybridized carbons (Fsp3) is 0.154. The largest absolute Gasteiger partial charge is 0.481 e. The first kappa shape index (κ1) is 22.6. The molecule has 0 aliphatic carbocycles. The number of carbonyl (C=O) groups excluding carboxylic acids is 3. The predicted molar refractivity (Wildman–Crippen MR) is 122 cm³/mol. The molecule has 0 saturated heterocycles. The van der Waals surface area contributed by atoms with Gasteiger partial charge in [-0.2, -0.15) is 0 Å². The Morgan fingerprint density at radius 2 is 1.44 bits per heavy atom. The highest BCUT2D eigenvalue weighted by Crippen LogP contribution is 2.21. The molecule has 3 aromatic rings. The van der Waals surface area contributed by atoms with E-state index >= 15 is 0 Å². The van der Waals surface area contributed by atoms with Crippen LogP contribution in [-0.2, 0) is 9.59 Å². The number of nitrogens with one attached hydrogen (secondary N) is 1. The van der Waals surface area contributed by atoms with E-state index in [1.165, 1.54) is 13.0 Å². The number of Topliss-reactive ketones (excluding diaryl/α,β-unsaturated/α-hetero) is 2. The lowest BCUT2D eigenvalue weighted by molar-refractivity contribution is -0.143. The lowest BCUT2D eigenvalue weighted by atomic mass is 9.94. The van der Waals surface area contributed by atoms with Crippen molar-refractivity contribution in [2.75, 3.05) is 5.32 Å². The van der Waals surface area contributed by atoms with E-state index in [-0.39, 0.29) is 24.4 Å². The van der Waals surface area contributed by atoms with Crippen LogP contribution in [0.5, 0.6) is 0 Å². The van der Waals surface area contributed by atoms with Crippen molar-refractivity contribution in [2.24, 2.45) is 5.92 Å². The molecule has 0 radical (unpaired) electrons. The molecular weight excluding hydrogens is 406 g/mol. The van der Waals surface area contributed by atoms with Gasteiger partial charge in [0.05, 0.1) is 5.92 Å². The molecule has 2 N–H and O–H groups in total. The van der Waals surface area contributed by atoms with Gasteiger partial charge in [0.25, 0.3) is 0 Å². The summed E-state index contributed by atoms with van der Waals surface area (Å²) in [6, 6.07) is 23.0. The Labute approximate surface area is 185 Å². The molecule has 0 aliphatic heterocycles. The molecular formula is C26H23NO5. The number of carboxylic acid groups (broad SMARTS) is 1. The van der Waals surface area contributed by atoms with Crippen LogP contribution in [0.4, 0.5) is 5.69 Å². The predicted octanol–water partition coefficient (Wildman–Crippen LogP) is 4.86. The van der Waals surface area contributed by atoms with Gasteiger partial charge < -0.3 is 10.4 Å². The summed E-state index contributed by atoms with van der Waals surface area (Å²) in [6.45, 7) is 1.42. The molecule has 0 aromatic heterocycles. The minimum absolute atomic E-state index is 0.145. The van der Waals surface area contributed by atoms with E-state index in [9.17, 15) is 24.3 Å². The molecule has 1 atom stereocenters. The molecule has 0 heterocycles. The van der Waals surface area contributed by atoms with E-state index in [4.69, 9.17) is 0 Å². The number of carbonyl (C=O) groups is 4. The first-order valence-electron chi connectivity index (χ1n) is 10.2. The number of anilines is 1. The van der Waals surface area contributed by atoms with Gasteiger partial charge in [0.15, 0.2) is 11.6 Å². The van der Waals surface area contributed by atoms with Gasteiger partial charge in [0.2, 0.25) is 5.91 Å². The molecule has 3 rings (SSSR count). The standard InChI is InChI=1S/C26H23NO5/c1-17(28)21-8-5-9-23(14-21)27-25(30)16-22(26(31)32)15-24(29)20-12-10-19(11-13-20)18-6-3-2-4-7-18/h2-14,22H,15-16H2,1H3,(H,27,30)(H,31,32). The Bertz CT molecular complexity index is 1140. The number of carboxylic acids is 1. The van der Waals surface area contributed by atoms with Crippen molar-refractivity contribution < 1.29 is 24.3 Å². The number of rotatable bonds is 9. The van der Waals surface area contributed by atoms with Crippen LogP contribution >= 0.6 is 0 Å². The molecule has 6 heteroatoms. The molecule has 1 unspecified atom stereocenters. The zero-order valence-electron chi connectivity index (χ0n) is 17.6. The second-order valence-electron chi connectivity index (χ2n) is 7.50. The van der Waals surface area contributed by atoms with Crippen LogP contribution in [0.1, 0.15) is 40.5 Å². The van der Waals surface area contributed by atoms with Crippen LogP contribution < -0.4 is 5.32 Å². The maximum absolute atomic E-state index is 12.6. The number of ketones is 2. The van der Waals surface area contributed by atoms with Crippen LogP contribution in [0.2, 0.25) is 0 Å². The average molecular weight is 429 g/mol. The molecule has 0 saturated carbocycles. The zero-order valence-corrected chi connectivity index (χ0v) is 17.6. The summed E-state index contributed by atoms with van der Waals surface area (Å²) in [6.07, 6.45) is -0.644. The topological polar surface area (TPSA) is 101 Å². The number of hydrogen-bond donors (Lipinski definition) is 2. The fourth-order valence-electron chi connectivity index (χ4n) is 3.32. The number of hydrogen-bond acceptors (Lipinski definition) is 4. The van der Waals surface area contributed by atoms with E-state index in [1.54, 1.807) is 30.3 Å². The molecule has 6 nitrogen and oxygen atoms in total. The first-order valence-corrected chi connectivity index (χ1v) is 10.2. The van der Waals surface area contributed by atoms with Crippen molar-refractivity contribution >= 4 is 29.1 Å². The van der Waals surface area contributed by atoms with E-state index in [0.29, 0.717) is 16.8 Å². The van der Waals surface area contributed by atoms with Crippen LogP contribution in [0.25, 0.3) is 11.1 Å². The van der Waals surface area contributed by atoms with E-state index in [1.807, 2.05) is 42.5 Å². The Balaban J connectivity index is 1.64. The molecule has 0 spiro atoms. The van der Waals surface area contributed by atoms with Gasteiger partial charge in [-0.3, -0.25) is 19.2 Å². The van der Waals surface area contributed by atoms with Gasteiger partial charge in [0, 0.05) is 29.7 Å². The van der Waals surface area contributed by atoms with E-state index in [0.717, 1.165) is 11.1 Å². The summed E-state index contributed by atoms with van der Waals surface area (Å²) in [7, 11) is 0. The second kappa shape index (κ2) is 10.3. The van der Waals surface area contributed by atoms with Gasteiger partial charge in [-0.05, 0) is 30.2 Å². The smallest absolute Gasteiger partial charge is 0.307 e. The summed E-state index contributed by atoms with van der Waals surface area (Å²) >= 11 is 0. The van der Waals surface area contributed by atoms with Crippen molar-refractivity contribution in [1.82, 2.24) is 0 Å². The quantitative estimate of drug-likeness (QED) is 0.473. The summed E-state index contributed by atoms with van der Waals surface area (Å²) in [5, 5.41) is 12.1. The third-order valence-electron chi connectivity index (χ3n) is 5.08. The summed E-state index contributed by atoms with van der Waals surface area (Å²) in [5.74, 6) is -3.40. The van der Waals surface area contributed by atoms with Crippen molar-refractivity contribution in [1.29, 1.82) is 0 Å². The van der Waals surface area contributed by atoms with Crippen LogP contribution in [0, 0.1) is 5.92 Å². The molecule has 0 aliphatic rings.